The zero-order valence-electron chi connectivity index (χ0n) is 29.9. The van der Waals surface area contributed by atoms with E-state index >= 15 is 0 Å². The minimum atomic E-state index is -4.27. The molecule has 8 heteroatoms. The third-order valence-electron chi connectivity index (χ3n) is 9.23. The van der Waals surface area contributed by atoms with Crippen LogP contribution < -0.4 is 4.57 Å². The van der Waals surface area contributed by atoms with Gasteiger partial charge in [-0.2, -0.15) is 4.57 Å². The van der Waals surface area contributed by atoms with Gasteiger partial charge in [0.15, 0.2) is 6.20 Å². The average molecular weight is 694 g/mol. The van der Waals surface area contributed by atoms with Crippen LogP contribution >= 0.6 is 11.3 Å². The first-order valence-corrected chi connectivity index (χ1v) is 21.4. The summed E-state index contributed by atoms with van der Waals surface area (Å²) < 4.78 is 45.4. The van der Waals surface area contributed by atoms with Gasteiger partial charge in [0.25, 0.3) is 0 Å². The van der Waals surface area contributed by atoms with Gasteiger partial charge in [0, 0.05) is 19.6 Å². The van der Waals surface area contributed by atoms with Gasteiger partial charge < -0.3 is 14.0 Å². The van der Waals surface area contributed by atoms with Gasteiger partial charge in [0.05, 0.1) is 23.0 Å². The number of thiazole rings is 1. The number of ether oxygens (including phenoxy) is 2. The highest BCUT2D eigenvalue weighted by atomic mass is 32.2. The summed E-state index contributed by atoms with van der Waals surface area (Å²) in [5, 5.41) is 2.15. The smallest absolute Gasteiger partial charge is 0.224 e. The SMILES string of the molecule is CCCCCCCCCCCCCCCCC[C@@H]1CO[C@@H](COCCCCCCC[n+]2ccsc2)C1.Cc1ccc(S(=O)(=O)[O-])cc1. The number of nitrogens with zero attached hydrogens (tertiary/aromatic N) is 1. The van der Waals surface area contributed by atoms with Crippen molar-refractivity contribution >= 4 is 21.5 Å². The second-order valence-electron chi connectivity index (χ2n) is 13.7. The van der Waals surface area contributed by atoms with Gasteiger partial charge in [0.2, 0.25) is 5.51 Å². The summed E-state index contributed by atoms with van der Waals surface area (Å²) >= 11 is 1.78. The molecule has 47 heavy (non-hydrogen) atoms. The molecule has 0 unspecified atom stereocenters. The highest BCUT2D eigenvalue weighted by Crippen LogP contribution is 2.25. The van der Waals surface area contributed by atoms with Gasteiger partial charge in [-0.1, -0.05) is 145 Å². The molecule has 270 valence electrons. The third kappa shape index (κ3) is 22.9. The number of hydrogen-bond acceptors (Lipinski definition) is 6. The van der Waals surface area contributed by atoms with E-state index < -0.39 is 10.1 Å². The Kier molecular flexibility index (Phi) is 24.5. The molecule has 2 heterocycles. The van der Waals surface area contributed by atoms with Crippen molar-refractivity contribution in [3.05, 3.63) is 46.9 Å². The zero-order chi connectivity index (χ0) is 33.8. The molecule has 0 bridgehead atoms. The fourth-order valence-corrected chi connectivity index (χ4v) is 7.34. The molecule has 2 atom stereocenters. The quantitative estimate of drug-likeness (QED) is 0.0529. The summed E-state index contributed by atoms with van der Waals surface area (Å²) in [6.45, 7) is 7.97. The fraction of sp³-hybridized carbons (Fsp3) is 0.769. The standard InChI is InChI=1S/C32H60NO2S.C7H8O3S/c1-2-3-4-5-6-7-8-9-10-11-12-13-14-16-19-22-31-27-32(35-28-31)29-34-25-21-18-15-17-20-23-33-24-26-36-30-33;1-6-2-4-7(5-3-6)11(8,9)10/h24,26,30-32H,2-23,25,27-29H2,1H3;2-5H,1H3,(H,8,9,10)/q+1;/p-1/t31-,32+;/m0./s1. The topological polar surface area (TPSA) is 79.5 Å². The minimum absolute atomic E-state index is 0.178. The van der Waals surface area contributed by atoms with Gasteiger partial charge in [-0.05, 0) is 50.7 Å². The monoisotopic (exact) mass is 693 g/mol. The van der Waals surface area contributed by atoms with Crippen LogP contribution in [0.25, 0.3) is 0 Å². The van der Waals surface area contributed by atoms with E-state index in [1.165, 1.54) is 160 Å². The van der Waals surface area contributed by atoms with Crippen molar-refractivity contribution in [2.24, 2.45) is 5.92 Å². The molecule has 1 saturated heterocycles. The Morgan fingerprint density at radius 1 is 0.809 bits per heavy atom. The normalized spacial score (nSPS) is 16.3. The molecule has 0 spiro atoms. The van der Waals surface area contributed by atoms with Crippen LogP contribution in [0.15, 0.2) is 46.2 Å². The number of benzene rings is 1. The molecule has 1 aromatic carbocycles. The predicted molar refractivity (Wildman–Crippen MR) is 195 cm³/mol. The summed E-state index contributed by atoms with van der Waals surface area (Å²) in [7, 11) is -4.27. The van der Waals surface area contributed by atoms with Crippen LogP contribution in [-0.4, -0.2) is 38.9 Å². The number of rotatable bonds is 27. The summed E-state index contributed by atoms with van der Waals surface area (Å²) in [6, 6.07) is 5.78. The van der Waals surface area contributed by atoms with Crippen molar-refractivity contribution in [2.45, 2.75) is 173 Å². The van der Waals surface area contributed by atoms with E-state index in [0.717, 1.165) is 31.3 Å². The van der Waals surface area contributed by atoms with Gasteiger partial charge >= 0.3 is 0 Å². The third-order valence-corrected chi connectivity index (χ3v) is 10.7. The molecule has 1 aromatic heterocycles. The molecular weight excluding hydrogens is 627 g/mol. The van der Waals surface area contributed by atoms with Crippen molar-refractivity contribution in [3.63, 3.8) is 0 Å². The van der Waals surface area contributed by atoms with Crippen molar-refractivity contribution in [1.29, 1.82) is 0 Å². The van der Waals surface area contributed by atoms with Gasteiger partial charge in [-0.25, -0.2) is 8.42 Å². The molecule has 0 saturated carbocycles. The Labute approximate surface area is 292 Å². The maximum atomic E-state index is 10.4. The van der Waals surface area contributed by atoms with Gasteiger partial charge in [-0.15, -0.1) is 0 Å². The maximum Gasteiger partial charge on any atom is 0.224 e. The summed E-state index contributed by atoms with van der Waals surface area (Å²) in [4.78, 5) is -0.178. The minimum Gasteiger partial charge on any atom is -0.744 e. The molecule has 0 amide bonds. The number of unbranched alkanes of at least 4 members (excludes halogenated alkanes) is 18. The van der Waals surface area contributed by atoms with E-state index in [4.69, 9.17) is 9.47 Å². The Bertz CT molecular complexity index is 1080. The molecular formula is C39H67NO5S2. The number of aryl methyl sites for hydroxylation is 2. The predicted octanol–water partition coefficient (Wildman–Crippen LogP) is 10.6. The molecule has 0 N–H and O–H groups in total. The second-order valence-corrected chi connectivity index (χ2v) is 15.8. The molecule has 1 fully saturated rings. The molecule has 0 aliphatic carbocycles. The average Bonchev–Trinajstić information content (AvgIpc) is 3.75. The van der Waals surface area contributed by atoms with Crippen molar-refractivity contribution < 1.29 is 27.0 Å². The summed E-state index contributed by atoms with van der Waals surface area (Å²) in [5.74, 6) is 0.779. The van der Waals surface area contributed by atoms with Gasteiger partial charge in [-0.3, -0.25) is 0 Å². The first-order chi connectivity index (χ1) is 22.9. The molecule has 1 aliphatic rings. The number of aromatic nitrogens is 1. The maximum absolute atomic E-state index is 10.4. The van der Waals surface area contributed by atoms with Crippen LogP contribution in [0.4, 0.5) is 0 Å². The largest absolute Gasteiger partial charge is 0.744 e. The van der Waals surface area contributed by atoms with E-state index in [0.29, 0.717) is 6.10 Å². The molecule has 1 aliphatic heterocycles. The fourth-order valence-electron chi connectivity index (χ4n) is 6.24. The molecule has 3 rings (SSSR count). The first kappa shape index (κ1) is 41.8. The van der Waals surface area contributed by atoms with Crippen molar-refractivity contribution in [1.82, 2.24) is 0 Å². The van der Waals surface area contributed by atoms with Crippen LogP contribution in [0.5, 0.6) is 0 Å². The van der Waals surface area contributed by atoms with E-state index in [1.807, 2.05) is 6.92 Å². The highest BCUT2D eigenvalue weighted by Gasteiger charge is 2.25. The summed E-state index contributed by atoms with van der Waals surface area (Å²) in [6.07, 6.45) is 33.2. The van der Waals surface area contributed by atoms with E-state index in [1.54, 1.807) is 23.5 Å². The van der Waals surface area contributed by atoms with Crippen LogP contribution in [0.3, 0.4) is 0 Å². The Hall–Kier alpha value is -1.32. The van der Waals surface area contributed by atoms with Crippen molar-refractivity contribution in [3.8, 4) is 0 Å². The number of hydrogen-bond donors (Lipinski definition) is 0. The van der Waals surface area contributed by atoms with Crippen LogP contribution in [0.1, 0.15) is 154 Å². The van der Waals surface area contributed by atoms with Crippen LogP contribution in [0, 0.1) is 12.8 Å². The van der Waals surface area contributed by atoms with E-state index in [2.05, 4.69) is 28.6 Å². The van der Waals surface area contributed by atoms with Gasteiger partial charge in [0.1, 0.15) is 16.7 Å². The Balaban J connectivity index is 0.000000587. The van der Waals surface area contributed by atoms with Crippen LogP contribution in [-0.2, 0) is 26.1 Å². The highest BCUT2D eigenvalue weighted by molar-refractivity contribution is 7.85. The lowest BCUT2D eigenvalue weighted by atomic mass is 9.97. The van der Waals surface area contributed by atoms with Crippen molar-refractivity contribution in [2.75, 3.05) is 19.8 Å². The Morgan fingerprint density at radius 3 is 1.91 bits per heavy atom. The zero-order valence-corrected chi connectivity index (χ0v) is 31.5. The Morgan fingerprint density at radius 2 is 1.36 bits per heavy atom. The lowest BCUT2D eigenvalue weighted by Crippen LogP contribution is -2.29. The first-order valence-electron chi connectivity index (χ1n) is 19.0. The molecule has 6 nitrogen and oxygen atoms in total. The molecule has 0 radical (unpaired) electrons. The lowest BCUT2D eigenvalue weighted by molar-refractivity contribution is -0.692. The van der Waals surface area contributed by atoms with E-state index in [-0.39, 0.29) is 4.90 Å². The summed E-state index contributed by atoms with van der Waals surface area (Å²) in [5.41, 5.74) is 3.13. The lowest BCUT2D eigenvalue weighted by Gasteiger charge is -2.10. The second kappa shape index (κ2) is 27.5. The van der Waals surface area contributed by atoms with E-state index in [9.17, 15) is 13.0 Å². The molecule has 2 aromatic rings. The van der Waals surface area contributed by atoms with Crippen LogP contribution in [0.2, 0.25) is 0 Å².